The molecule has 0 unspecified atom stereocenters. The lowest BCUT2D eigenvalue weighted by atomic mass is 9.85. The van der Waals surface area contributed by atoms with E-state index in [0.29, 0.717) is 19.4 Å². The SMILES string of the molecule is C.CCC(C)C.CC[C@@H](O)[C@H](Cc1ccccc1)NC(=O)[C@@H](NC(=O)CN1CCCC1)C(C)(C)C. The highest BCUT2D eigenvalue weighted by atomic mass is 16.3. The van der Waals surface area contributed by atoms with Crippen molar-refractivity contribution < 1.29 is 14.7 Å². The van der Waals surface area contributed by atoms with Gasteiger partial charge < -0.3 is 15.7 Å². The van der Waals surface area contributed by atoms with Gasteiger partial charge in [0.2, 0.25) is 11.8 Å². The second-order valence-corrected chi connectivity index (χ2v) is 10.9. The molecule has 0 spiro atoms. The van der Waals surface area contributed by atoms with Crippen molar-refractivity contribution in [3.63, 3.8) is 0 Å². The van der Waals surface area contributed by atoms with Crippen LogP contribution in [0.25, 0.3) is 0 Å². The van der Waals surface area contributed by atoms with Gasteiger partial charge in [0.25, 0.3) is 0 Å². The van der Waals surface area contributed by atoms with Crippen molar-refractivity contribution in [3.05, 3.63) is 35.9 Å². The molecule has 0 aromatic heterocycles. The van der Waals surface area contributed by atoms with Crippen molar-refractivity contribution in [1.82, 2.24) is 15.5 Å². The molecule has 1 aliphatic heterocycles. The Hall–Kier alpha value is -1.92. The van der Waals surface area contributed by atoms with Gasteiger partial charge in [-0.1, -0.05) is 92.6 Å². The molecule has 0 saturated carbocycles. The summed E-state index contributed by atoms with van der Waals surface area (Å²) in [6.45, 7) is 16.5. The number of nitrogens with one attached hydrogen (secondary N) is 2. The zero-order valence-corrected chi connectivity index (χ0v) is 22.6. The maximum absolute atomic E-state index is 13.1. The molecule has 3 N–H and O–H groups in total. The highest BCUT2D eigenvalue weighted by Gasteiger charge is 2.35. The summed E-state index contributed by atoms with van der Waals surface area (Å²) in [5.74, 6) is 0.508. The first-order valence-corrected chi connectivity index (χ1v) is 13.0. The fourth-order valence-corrected chi connectivity index (χ4v) is 3.73. The summed E-state index contributed by atoms with van der Waals surface area (Å²) in [4.78, 5) is 27.8. The number of aliphatic hydroxyl groups is 1. The second kappa shape index (κ2) is 16.7. The molecule has 202 valence electrons. The first kappa shape index (κ1) is 33.1. The van der Waals surface area contributed by atoms with Gasteiger partial charge in [-0.2, -0.15) is 0 Å². The number of benzene rings is 1. The maximum atomic E-state index is 13.1. The normalized spacial score (nSPS) is 16.4. The molecule has 3 atom stereocenters. The van der Waals surface area contributed by atoms with Gasteiger partial charge in [0.1, 0.15) is 6.04 Å². The minimum atomic E-state index is -0.667. The van der Waals surface area contributed by atoms with E-state index in [1.54, 1.807) is 0 Å². The summed E-state index contributed by atoms with van der Waals surface area (Å²) >= 11 is 0. The van der Waals surface area contributed by atoms with Gasteiger partial charge in [0, 0.05) is 0 Å². The zero-order chi connectivity index (χ0) is 25.7. The van der Waals surface area contributed by atoms with Crippen molar-refractivity contribution in [1.29, 1.82) is 0 Å². The van der Waals surface area contributed by atoms with Crippen LogP contribution in [-0.4, -0.2) is 59.6 Å². The second-order valence-electron chi connectivity index (χ2n) is 10.9. The number of rotatable bonds is 10. The Kier molecular flexibility index (Phi) is 15.8. The van der Waals surface area contributed by atoms with Gasteiger partial charge in [0.05, 0.1) is 18.7 Å². The molecule has 1 heterocycles. The monoisotopic (exact) mass is 491 g/mol. The van der Waals surface area contributed by atoms with Crippen molar-refractivity contribution in [3.8, 4) is 0 Å². The topological polar surface area (TPSA) is 81.7 Å². The molecule has 1 fully saturated rings. The number of carbonyl (C=O) groups excluding carboxylic acids is 2. The summed E-state index contributed by atoms with van der Waals surface area (Å²) in [6.07, 6.45) is 3.97. The van der Waals surface area contributed by atoms with Crippen molar-refractivity contribution in [2.75, 3.05) is 19.6 Å². The van der Waals surface area contributed by atoms with Gasteiger partial charge in [-0.05, 0) is 55.7 Å². The van der Waals surface area contributed by atoms with Crippen LogP contribution in [0.3, 0.4) is 0 Å². The lowest BCUT2D eigenvalue weighted by Gasteiger charge is -2.33. The summed E-state index contributed by atoms with van der Waals surface area (Å²) in [5.41, 5.74) is 0.606. The molecule has 1 aromatic carbocycles. The van der Waals surface area contributed by atoms with E-state index in [9.17, 15) is 14.7 Å². The Labute approximate surface area is 215 Å². The van der Waals surface area contributed by atoms with E-state index < -0.39 is 23.6 Å². The van der Waals surface area contributed by atoms with Crippen molar-refractivity contribution in [2.45, 2.75) is 106 Å². The first-order chi connectivity index (χ1) is 16.0. The maximum Gasteiger partial charge on any atom is 0.243 e. The van der Waals surface area contributed by atoms with Crippen LogP contribution in [0, 0.1) is 11.3 Å². The Balaban J connectivity index is 0.00000175. The Morgan fingerprint density at radius 1 is 1.00 bits per heavy atom. The molecule has 6 heteroatoms. The number of nitrogens with zero attached hydrogens (tertiary/aromatic N) is 1. The Morgan fingerprint density at radius 2 is 1.54 bits per heavy atom. The predicted molar refractivity (Wildman–Crippen MR) is 147 cm³/mol. The molecule has 0 radical (unpaired) electrons. The van der Waals surface area contributed by atoms with Gasteiger partial charge >= 0.3 is 0 Å². The van der Waals surface area contributed by atoms with E-state index in [2.05, 4.69) is 36.3 Å². The number of aliphatic hydroxyl groups excluding tert-OH is 1. The van der Waals surface area contributed by atoms with Crippen LogP contribution in [0.2, 0.25) is 0 Å². The summed E-state index contributed by atoms with van der Waals surface area (Å²) < 4.78 is 0. The molecule has 2 amide bonds. The highest BCUT2D eigenvalue weighted by Crippen LogP contribution is 2.20. The van der Waals surface area contributed by atoms with Gasteiger partial charge in [-0.3, -0.25) is 14.5 Å². The standard InChI is InChI=1S/C23H37N3O3.C5H12.CH4/c1-5-19(27)18(15-17-11-7-6-8-12-17)24-22(29)21(23(2,3)4)25-20(28)16-26-13-9-10-14-26;1-4-5(2)3;/h6-8,11-12,18-19,21,27H,5,9-10,13-16H2,1-4H3,(H,24,29)(H,25,28);5H,4H2,1-3H3;1H4/t18-,19+,21+;;/m0../s1. The third-order valence-corrected chi connectivity index (χ3v) is 6.32. The summed E-state index contributed by atoms with van der Waals surface area (Å²) in [7, 11) is 0. The average Bonchev–Trinajstić information content (AvgIpc) is 3.29. The summed E-state index contributed by atoms with van der Waals surface area (Å²) in [6, 6.07) is 8.74. The van der Waals surface area contributed by atoms with Gasteiger partial charge in [-0.15, -0.1) is 0 Å². The number of hydrogen-bond donors (Lipinski definition) is 3. The predicted octanol–water partition coefficient (Wildman–Crippen LogP) is 4.80. The molecule has 2 rings (SSSR count). The number of likely N-dealkylation sites (tertiary alicyclic amines) is 1. The van der Waals surface area contributed by atoms with E-state index in [1.165, 1.54) is 6.42 Å². The van der Waals surface area contributed by atoms with Gasteiger partial charge in [-0.25, -0.2) is 0 Å². The lowest BCUT2D eigenvalue weighted by molar-refractivity contribution is -0.133. The van der Waals surface area contributed by atoms with Crippen LogP contribution in [0.5, 0.6) is 0 Å². The molecule has 0 bridgehead atoms. The molecule has 1 aromatic rings. The molecular weight excluding hydrogens is 438 g/mol. The molecule has 6 nitrogen and oxygen atoms in total. The Morgan fingerprint density at radius 3 is 2.00 bits per heavy atom. The molecule has 1 saturated heterocycles. The van der Waals surface area contributed by atoms with Crippen LogP contribution in [0.1, 0.15) is 87.1 Å². The molecule has 35 heavy (non-hydrogen) atoms. The highest BCUT2D eigenvalue weighted by molar-refractivity contribution is 5.89. The van der Waals surface area contributed by atoms with Crippen LogP contribution in [0.15, 0.2) is 30.3 Å². The number of hydrogen-bond acceptors (Lipinski definition) is 4. The fraction of sp³-hybridized carbons (Fsp3) is 0.724. The van der Waals surface area contributed by atoms with E-state index >= 15 is 0 Å². The largest absolute Gasteiger partial charge is 0.391 e. The minimum absolute atomic E-state index is 0. The smallest absolute Gasteiger partial charge is 0.243 e. The molecular formula is C29H53N3O3. The van der Waals surface area contributed by atoms with Crippen LogP contribution in [-0.2, 0) is 16.0 Å². The third-order valence-electron chi connectivity index (χ3n) is 6.32. The van der Waals surface area contributed by atoms with Crippen molar-refractivity contribution in [2.24, 2.45) is 11.3 Å². The van der Waals surface area contributed by atoms with Crippen molar-refractivity contribution >= 4 is 11.8 Å². The van der Waals surface area contributed by atoms with E-state index in [0.717, 1.165) is 37.4 Å². The van der Waals surface area contributed by atoms with Gasteiger partial charge in [0.15, 0.2) is 0 Å². The number of amides is 2. The third kappa shape index (κ3) is 13.1. The van der Waals surface area contributed by atoms with Crippen LogP contribution >= 0.6 is 0 Å². The number of carbonyl (C=O) groups is 2. The fourth-order valence-electron chi connectivity index (χ4n) is 3.73. The zero-order valence-electron chi connectivity index (χ0n) is 22.6. The van der Waals surface area contributed by atoms with E-state index in [-0.39, 0.29) is 19.2 Å². The minimum Gasteiger partial charge on any atom is -0.391 e. The molecule has 1 aliphatic rings. The quantitative estimate of drug-likeness (QED) is 0.439. The first-order valence-electron chi connectivity index (χ1n) is 13.0. The van der Waals surface area contributed by atoms with E-state index in [4.69, 9.17) is 0 Å². The van der Waals surface area contributed by atoms with Crippen LogP contribution < -0.4 is 10.6 Å². The van der Waals surface area contributed by atoms with Crippen LogP contribution in [0.4, 0.5) is 0 Å². The average molecular weight is 492 g/mol. The molecule has 0 aliphatic carbocycles. The Bertz CT molecular complexity index is 710. The summed E-state index contributed by atoms with van der Waals surface area (Å²) in [5, 5.41) is 16.4. The lowest BCUT2D eigenvalue weighted by Crippen LogP contribution is -2.58. The van der Waals surface area contributed by atoms with E-state index in [1.807, 2.05) is 58.0 Å².